The molecule has 0 aliphatic rings. The van der Waals surface area contributed by atoms with Gasteiger partial charge in [0.05, 0.1) is 0 Å². The first-order chi connectivity index (χ1) is 7.24. The molecule has 3 N–H and O–H groups in total. The van der Waals surface area contributed by atoms with E-state index in [0.717, 1.165) is 17.9 Å². The molecule has 0 spiro atoms. The fourth-order valence-electron chi connectivity index (χ4n) is 0.805. The summed E-state index contributed by atoms with van der Waals surface area (Å²) in [6, 6.07) is 7.72. The third-order valence-corrected chi connectivity index (χ3v) is 1.29. The Hall–Kier alpha value is -1.22. The van der Waals surface area contributed by atoms with Crippen LogP contribution in [0.15, 0.2) is 24.3 Å². The first-order valence-electron chi connectivity index (χ1n) is 5.24. The molecule has 1 aromatic rings. The Kier molecular flexibility index (Phi) is 13.8. The van der Waals surface area contributed by atoms with Gasteiger partial charge in [0.1, 0.15) is 0 Å². The lowest BCUT2D eigenvalue weighted by atomic mass is 10.3. The number of hydrogen-bond donors (Lipinski definition) is 2. The number of anilines is 2. The van der Waals surface area contributed by atoms with Crippen LogP contribution in [0.1, 0.15) is 20.8 Å². The Bertz CT molecular complexity index is 209. The Balaban J connectivity index is 0. The minimum Gasteiger partial charge on any atom is -0.399 e. The Morgan fingerprint density at radius 3 is 1.87 bits per heavy atom. The molecule has 0 unspecified atom stereocenters. The summed E-state index contributed by atoms with van der Waals surface area (Å²) in [5.41, 5.74) is 7.42. The van der Waals surface area contributed by atoms with Crippen molar-refractivity contribution in [2.45, 2.75) is 20.8 Å². The summed E-state index contributed by atoms with van der Waals surface area (Å²) >= 11 is 0. The highest BCUT2D eigenvalue weighted by Crippen LogP contribution is 2.09. The summed E-state index contributed by atoms with van der Waals surface area (Å²) in [6.07, 6.45) is 0. The molecule has 0 saturated heterocycles. The molecule has 0 bridgehead atoms. The van der Waals surface area contributed by atoms with Crippen molar-refractivity contribution in [2.24, 2.45) is 0 Å². The van der Waals surface area contributed by atoms with Crippen LogP contribution in [0.4, 0.5) is 11.4 Å². The molecule has 0 atom stereocenters. The van der Waals surface area contributed by atoms with Crippen LogP contribution in [-0.4, -0.2) is 20.8 Å². The maximum atomic E-state index is 5.50. The third-order valence-electron chi connectivity index (χ3n) is 1.29. The second-order valence-corrected chi connectivity index (χ2v) is 2.56. The summed E-state index contributed by atoms with van der Waals surface area (Å²) in [6.45, 7) is 7.01. The average molecular weight is 212 g/mol. The van der Waals surface area contributed by atoms with Gasteiger partial charge in [-0.1, -0.05) is 13.8 Å². The molecule has 1 rings (SSSR count). The third kappa shape index (κ3) is 10.7. The van der Waals surface area contributed by atoms with Gasteiger partial charge in [0.2, 0.25) is 0 Å². The van der Waals surface area contributed by atoms with Gasteiger partial charge in [0.25, 0.3) is 0 Å². The number of nitrogens with one attached hydrogen (secondary N) is 1. The first kappa shape index (κ1) is 16.2. The summed E-state index contributed by atoms with van der Waals surface area (Å²) < 4.78 is 4.25. The van der Waals surface area contributed by atoms with E-state index in [1.54, 1.807) is 14.2 Å². The summed E-state index contributed by atoms with van der Waals surface area (Å²) in [5, 5.41) is 3.18. The van der Waals surface area contributed by atoms with Gasteiger partial charge in [-0.05, 0) is 31.2 Å². The molecular weight excluding hydrogens is 188 g/mol. The number of rotatable bonds is 2. The quantitative estimate of drug-likeness (QED) is 0.741. The molecule has 0 amide bonds. The molecule has 3 nitrogen and oxygen atoms in total. The molecule has 0 aliphatic heterocycles. The fourth-order valence-corrected chi connectivity index (χ4v) is 0.805. The van der Waals surface area contributed by atoms with Gasteiger partial charge in [-0.25, -0.2) is 0 Å². The zero-order chi connectivity index (χ0) is 12.1. The van der Waals surface area contributed by atoms with E-state index in [4.69, 9.17) is 5.73 Å². The lowest BCUT2D eigenvalue weighted by Gasteiger charge is -2.01. The monoisotopic (exact) mass is 212 g/mol. The number of methoxy groups -OCH3 is 1. The maximum absolute atomic E-state index is 5.50. The highest BCUT2D eigenvalue weighted by molar-refractivity contribution is 5.50. The topological polar surface area (TPSA) is 47.3 Å². The zero-order valence-corrected chi connectivity index (χ0v) is 10.5. The molecule has 0 heterocycles. The first-order valence-corrected chi connectivity index (χ1v) is 5.24. The predicted molar refractivity (Wildman–Crippen MR) is 69.3 cm³/mol. The largest absolute Gasteiger partial charge is 0.399 e. The van der Waals surface area contributed by atoms with Gasteiger partial charge in [-0.2, -0.15) is 0 Å². The van der Waals surface area contributed by atoms with Crippen LogP contribution in [0.3, 0.4) is 0 Å². The summed E-state index contributed by atoms with van der Waals surface area (Å²) in [7, 11) is 3.25. The number of nitrogen functional groups attached to an aromatic ring is 1. The van der Waals surface area contributed by atoms with Gasteiger partial charge < -0.3 is 15.8 Å². The second kappa shape index (κ2) is 12.8. The fraction of sp³-hybridized carbons (Fsp3) is 0.500. The van der Waals surface area contributed by atoms with E-state index in [1.807, 2.05) is 38.1 Å². The molecule has 0 aliphatic carbocycles. The Morgan fingerprint density at radius 2 is 1.53 bits per heavy atom. The molecule has 0 aromatic heterocycles. The Labute approximate surface area is 93.6 Å². The van der Waals surface area contributed by atoms with Crippen molar-refractivity contribution in [1.29, 1.82) is 0 Å². The maximum Gasteiger partial charge on any atom is 0.0351 e. The molecule has 1 aromatic carbocycles. The van der Waals surface area contributed by atoms with Crippen LogP contribution in [0.5, 0.6) is 0 Å². The van der Waals surface area contributed by atoms with E-state index in [2.05, 4.69) is 17.0 Å². The van der Waals surface area contributed by atoms with E-state index in [0.29, 0.717) is 0 Å². The van der Waals surface area contributed by atoms with Crippen molar-refractivity contribution in [1.82, 2.24) is 0 Å². The van der Waals surface area contributed by atoms with E-state index in [1.165, 1.54) is 0 Å². The highest BCUT2D eigenvalue weighted by atomic mass is 16.4. The van der Waals surface area contributed by atoms with Crippen LogP contribution in [-0.2, 0) is 4.74 Å². The lowest BCUT2D eigenvalue weighted by Crippen LogP contribution is -1.95. The minimum atomic E-state index is 0.807. The highest BCUT2D eigenvalue weighted by Gasteiger charge is 1.86. The number of benzene rings is 1. The second-order valence-electron chi connectivity index (χ2n) is 2.56. The van der Waals surface area contributed by atoms with Crippen molar-refractivity contribution < 1.29 is 4.74 Å². The van der Waals surface area contributed by atoms with Crippen molar-refractivity contribution in [3.63, 3.8) is 0 Å². The van der Waals surface area contributed by atoms with Crippen LogP contribution < -0.4 is 11.1 Å². The predicted octanol–water partition coefficient (Wildman–Crippen LogP) is 2.99. The Morgan fingerprint density at radius 1 is 1.13 bits per heavy atom. The minimum absolute atomic E-state index is 0.807. The standard InChI is InChI=1S/C8H12N2.C2H6O.C2H6/c1-2-10-8-5-3-7(9)4-6-8;1-3-2;1-2/h3-6,10H,2,9H2,1H3;1-2H3;1-2H3. The van der Waals surface area contributed by atoms with Crippen LogP contribution in [0, 0.1) is 0 Å². The van der Waals surface area contributed by atoms with Crippen molar-refractivity contribution in [2.75, 3.05) is 31.8 Å². The SMILES string of the molecule is CC.CCNc1ccc(N)cc1.COC. The van der Waals surface area contributed by atoms with E-state index in [-0.39, 0.29) is 0 Å². The van der Waals surface area contributed by atoms with Gasteiger partial charge in [0, 0.05) is 32.1 Å². The molecule has 0 saturated carbocycles. The van der Waals surface area contributed by atoms with Crippen molar-refractivity contribution in [3.05, 3.63) is 24.3 Å². The number of ether oxygens (including phenoxy) is 1. The van der Waals surface area contributed by atoms with Crippen molar-refractivity contribution in [3.8, 4) is 0 Å². The molecule has 0 fully saturated rings. The average Bonchev–Trinajstić information content (AvgIpc) is 2.26. The normalized spacial score (nSPS) is 7.80. The van der Waals surface area contributed by atoms with Crippen LogP contribution in [0.25, 0.3) is 0 Å². The smallest absolute Gasteiger partial charge is 0.0351 e. The van der Waals surface area contributed by atoms with E-state index in [9.17, 15) is 0 Å². The van der Waals surface area contributed by atoms with Crippen molar-refractivity contribution >= 4 is 11.4 Å². The van der Waals surface area contributed by atoms with E-state index < -0.39 is 0 Å². The zero-order valence-electron chi connectivity index (χ0n) is 10.5. The van der Waals surface area contributed by atoms with Crippen LogP contribution in [0.2, 0.25) is 0 Å². The molecule has 3 heteroatoms. The molecule has 88 valence electrons. The molecular formula is C12H24N2O. The van der Waals surface area contributed by atoms with Gasteiger partial charge in [-0.15, -0.1) is 0 Å². The number of nitrogens with two attached hydrogens (primary N) is 1. The lowest BCUT2D eigenvalue weighted by molar-refractivity contribution is 0.277. The van der Waals surface area contributed by atoms with Gasteiger partial charge >= 0.3 is 0 Å². The van der Waals surface area contributed by atoms with Gasteiger partial charge in [-0.3, -0.25) is 0 Å². The molecule has 15 heavy (non-hydrogen) atoms. The number of hydrogen-bond acceptors (Lipinski definition) is 3. The van der Waals surface area contributed by atoms with Crippen LogP contribution >= 0.6 is 0 Å². The van der Waals surface area contributed by atoms with Gasteiger partial charge in [0.15, 0.2) is 0 Å². The molecule has 0 radical (unpaired) electrons. The van der Waals surface area contributed by atoms with E-state index >= 15 is 0 Å². The summed E-state index contributed by atoms with van der Waals surface area (Å²) in [5.74, 6) is 0. The summed E-state index contributed by atoms with van der Waals surface area (Å²) in [4.78, 5) is 0.